The number of rotatable bonds is 10. The fraction of sp³-hybridized carbons (Fsp3) is 0.258. The molecule has 0 radical (unpaired) electrons. The van der Waals surface area contributed by atoms with Gasteiger partial charge in [0.25, 0.3) is 0 Å². The molecule has 0 saturated carbocycles. The van der Waals surface area contributed by atoms with Crippen molar-refractivity contribution in [3.05, 3.63) is 132 Å². The molecule has 1 saturated heterocycles. The first-order valence-corrected chi connectivity index (χ1v) is 12.4. The first kappa shape index (κ1) is 25.5. The van der Waals surface area contributed by atoms with Crippen LogP contribution in [0.25, 0.3) is 0 Å². The Balaban J connectivity index is 1.40. The Kier molecular flexibility index (Phi) is 8.82. The summed E-state index contributed by atoms with van der Waals surface area (Å²) in [6, 6.07) is 27.0. The SMILES string of the molecule is C=CC(=C)C(c1ccc(F)cc1)N1CCN(C(=O)CN(Cc2ccccc2)Cc2ccccc2)CC1. The molecular formula is C31H34FN3O. The summed E-state index contributed by atoms with van der Waals surface area (Å²) in [5.74, 6) is -0.116. The molecule has 0 N–H and O–H groups in total. The largest absolute Gasteiger partial charge is 0.339 e. The second-order valence-corrected chi connectivity index (χ2v) is 9.27. The van der Waals surface area contributed by atoms with Gasteiger partial charge in [-0.05, 0) is 34.4 Å². The number of amides is 1. The summed E-state index contributed by atoms with van der Waals surface area (Å²) < 4.78 is 13.5. The number of hydrogen-bond acceptors (Lipinski definition) is 3. The van der Waals surface area contributed by atoms with Gasteiger partial charge in [-0.1, -0.05) is 92.0 Å². The van der Waals surface area contributed by atoms with Gasteiger partial charge in [-0.2, -0.15) is 0 Å². The molecule has 186 valence electrons. The summed E-state index contributed by atoms with van der Waals surface area (Å²) >= 11 is 0. The summed E-state index contributed by atoms with van der Waals surface area (Å²) in [5.41, 5.74) is 4.24. The van der Waals surface area contributed by atoms with Crippen LogP contribution < -0.4 is 0 Å². The van der Waals surface area contributed by atoms with Crippen LogP contribution in [0, 0.1) is 5.82 Å². The van der Waals surface area contributed by atoms with Crippen molar-refractivity contribution in [2.45, 2.75) is 19.1 Å². The van der Waals surface area contributed by atoms with E-state index in [1.807, 2.05) is 41.3 Å². The molecule has 1 fully saturated rings. The molecule has 0 bridgehead atoms. The predicted octanol–water partition coefficient (Wildman–Crippen LogP) is 5.46. The molecule has 1 aliphatic rings. The smallest absolute Gasteiger partial charge is 0.236 e. The summed E-state index contributed by atoms with van der Waals surface area (Å²) in [7, 11) is 0. The fourth-order valence-electron chi connectivity index (χ4n) is 4.79. The lowest BCUT2D eigenvalue weighted by Crippen LogP contribution is -2.52. The molecular weight excluding hydrogens is 449 g/mol. The van der Waals surface area contributed by atoms with Gasteiger partial charge >= 0.3 is 0 Å². The second kappa shape index (κ2) is 12.4. The van der Waals surface area contributed by atoms with Gasteiger partial charge in [0.1, 0.15) is 5.82 Å². The van der Waals surface area contributed by atoms with Crippen LogP contribution in [0.4, 0.5) is 4.39 Å². The van der Waals surface area contributed by atoms with E-state index >= 15 is 0 Å². The molecule has 3 aromatic carbocycles. The van der Waals surface area contributed by atoms with Crippen molar-refractivity contribution in [1.29, 1.82) is 0 Å². The fourth-order valence-corrected chi connectivity index (χ4v) is 4.79. The molecule has 3 aromatic rings. The number of halogens is 1. The van der Waals surface area contributed by atoms with Crippen molar-refractivity contribution in [3.63, 3.8) is 0 Å². The van der Waals surface area contributed by atoms with Gasteiger partial charge in [0, 0.05) is 39.3 Å². The van der Waals surface area contributed by atoms with Crippen molar-refractivity contribution in [1.82, 2.24) is 14.7 Å². The number of benzene rings is 3. The summed E-state index contributed by atoms with van der Waals surface area (Å²) in [6.07, 6.45) is 1.76. The van der Waals surface area contributed by atoms with E-state index in [0.29, 0.717) is 32.7 Å². The predicted molar refractivity (Wildman–Crippen MR) is 144 cm³/mol. The zero-order valence-electron chi connectivity index (χ0n) is 20.7. The Bertz CT molecular complexity index is 1100. The van der Waals surface area contributed by atoms with E-state index in [1.165, 1.54) is 23.3 Å². The van der Waals surface area contributed by atoms with E-state index in [4.69, 9.17) is 0 Å². The average molecular weight is 484 g/mol. The zero-order valence-corrected chi connectivity index (χ0v) is 20.7. The molecule has 0 aliphatic carbocycles. The summed E-state index contributed by atoms with van der Waals surface area (Å²) in [5, 5.41) is 0. The van der Waals surface area contributed by atoms with E-state index < -0.39 is 0 Å². The standard InChI is InChI=1S/C31H34FN3O/c1-3-25(2)31(28-14-16-29(32)17-15-28)35-20-18-34(19-21-35)30(36)24-33(22-26-10-6-4-7-11-26)23-27-12-8-5-9-13-27/h3-17,31H,1-2,18-24H2. The number of piperazine rings is 1. The van der Waals surface area contributed by atoms with E-state index in [-0.39, 0.29) is 17.8 Å². The average Bonchev–Trinajstić information content (AvgIpc) is 2.91. The van der Waals surface area contributed by atoms with Crippen LogP contribution >= 0.6 is 0 Å². The quantitative estimate of drug-likeness (QED) is 0.359. The Morgan fingerprint density at radius 3 is 1.89 bits per heavy atom. The van der Waals surface area contributed by atoms with Gasteiger partial charge in [-0.3, -0.25) is 14.6 Å². The van der Waals surface area contributed by atoms with Gasteiger partial charge in [0.2, 0.25) is 5.91 Å². The summed E-state index contributed by atoms with van der Waals surface area (Å²) in [4.78, 5) is 19.8. The van der Waals surface area contributed by atoms with Crippen LogP contribution in [0.15, 0.2) is 110 Å². The first-order chi connectivity index (χ1) is 17.5. The second-order valence-electron chi connectivity index (χ2n) is 9.27. The van der Waals surface area contributed by atoms with Crippen LogP contribution in [-0.2, 0) is 17.9 Å². The van der Waals surface area contributed by atoms with Crippen molar-refractivity contribution in [2.75, 3.05) is 32.7 Å². The van der Waals surface area contributed by atoms with E-state index in [2.05, 4.69) is 47.2 Å². The lowest BCUT2D eigenvalue weighted by atomic mass is 9.97. The highest BCUT2D eigenvalue weighted by Gasteiger charge is 2.28. The summed E-state index contributed by atoms with van der Waals surface area (Å²) in [6.45, 7) is 12.6. The molecule has 1 atom stereocenters. The number of carbonyl (C=O) groups excluding carboxylic acids is 1. The Hall–Kier alpha value is -3.54. The number of carbonyl (C=O) groups is 1. The van der Waals surface area contributed by atoms with Crippen LogP contribution in [0.3, 0.4) is 0 Å². The minimum absolute atomic E-state index is 0.0759. The first-order valence-electron chi connectivity index (χ1n) is 12.4. The normalized spacial score (nSPS) is 15.0. The maximum Gasteiger partial charge on any atom is 0.236 e. The van der Waals surface area contributed by atoms with Gasteiger partial charge in [-0.25, -0.2) is 4.39 Å². The zero-order chi connectivity index (χ0) is 25.3. The highest BCUT2D eigenvalue weighted by Crippen LogP contribution is 2.29. The van der Waals surface area contributed by atoms with Crippen LogP contribution in [0.5, 0.6) is 0 Å². The highest BCUT2D eigenvalue weighted by atomic mass is 19.1. The van der Waals surface area contributed by atoms with Crippen molar-refractivity contribution in [2.24, 2.45) is 0 Å². The number of nitrogens with zero attached hydrogens (tertiary/aromatic N) is 3. The Labute approximate surface area is 214 Å². The highest BCUT2D eigenvalue weighted by molar-refractivity contribution is 5.78. The third kappa shape index (κ3) is 6.78. The minimum atomic E-state index is -0.257. The van der Waals surface area contributed by atoms with E-state index in [0.717, 1.165) is 24.2 Å². The van der Waals surface area contributed by atoms with Crippen molar-refractivity contribution in [3.8, 4) is 0 Å². The lowest BCUT2D eigenvalue weighted by Gasteiger charge is -2.40. The molecule has 4 nitrogen and oxygen atoms in total. The van der Waals surface area contributed by atoms with E-state index in [1.54, 1.807) is 18.2 Å². The molecule has 5 heteroatoms. The van der Waals surface area contributed by atoms with Crippen LogP contribution in [0.1, 0.15) is 22.7 Å². The Morgan fingerprint density at radius 2 is 1.39 bits per heavy atom. The van der Waals surface area contributed by atoms with Gasteiger partial charge in [0.05, 0.1) is 12.6 Å². The molecule has 0 aromatic heterocycles. The topological polar surface area (TPSA) is 26.8 Å². The lowest BCUT2D eigenvalue weighted by molar-refractivity contribution is -0.134. The maximum atomic E-state index is 13.5. The van der Waals surface area contributed by atoms with Crippen LogP contribution in [0.2, 0.25) is 0 Å². The molecule has 1 amide bonds. The monoisotopic (exact) mass is 483 g/mol. The molecule has 4 rings (SSSR count). The van der Waals surface area contributed by atoms with Crippen LogP contribution in [-0.4, -0.2) is 53.3 Å². The molecule has 1 aliphatic heterocycles. The Morgan fingerprint density at radius 1 is 0.861 bits per heavy atom. The third-order valence-corrected chi connectivity index (χ3v) is 6.69. The maximum absolute atomic E-state index is 13.5. The molecule has 1 heterocycles. The molecule has 1 unspecified atom stereocenters. The molecule has 36 heavy (non-hydrogen) atoms. The minimum Gasteiger partial charge on any atom is -0.339 e. The third-order valence-electron chi connectivity index (χ3n) is 6.69. The van der Waals surface area contributed by atoms with E-state index in [9.17, 15) is 9.18 Å². The van der Waals surface area contributed by atoms with Gasteiger partial charge in [0.15, 0.2) is 0 Å². The van der Waals surface area contributed by atoms with Crippen molar-refractivity contribution < 1.29 is 9.18 Å². The molecule has 0 spiro atoms. The van der Waals surface area contributed by atoms with Gasteiger partial charge in [-0.15, -0.1) is 0 Å². The van der Waals surface area contributed by atoms with Crippen molar-refractivity contribution >= 4 is 5.91 Å². The van der Waals surface area contributed by atoms with Gasteiger partial charge < -0.3 is 4.90 Å². The number of hydrogen-bond donors (Lipinski definition) is 0.